The molecule has 0 saturated heterocycles. The van der Waals surface area contributed by atoms with E-state index in [4.69, 9.17) is 0 Å². The van der Waals surface area contributed by atoms with Gasteiger partial charge >= 0.3 is 0 Å². The largest absolute Gasteiger partial charge is 0.325 e. The van der Waals surface area contributed by atoms with Crippen molar-refractivity contribution in [3.05, 3.63) is 52.2 Å². The number of nitrogens with zero attached hydrogens (tertiary/aromatic N) is 2. The second-order valence-electron chi connectivity index (χ2n) is 3.79. The number of aromatic nitrogens is 3. The van der Waals surface area contributed by atoms with Crippen molar-refractivity contribution >= 4 is 33.1 Å². The molecule has 2 heterocycles. The van der Waals surface area contributed by atoms with Crippen LogP contribution in [0.15, 0.2) is 40.9 Å². The summed E-state index contributed by atoms with van der Waals surface area (Å²) in [6.45, 7) is 0. The van der Waals surface area contributed by atoms with Crippen LogP contribution in [0, 0.1) is 0 Å². The number of benzene rings is 1. The third-order valence-corrected chi connectivity index (χ3v) is 3.29. The highest BCUT2D eigenvalue weighted by Gasteiger charge is 2.08. The smallest absolute Gasteiger partial charge is 0.275 e. The van der Waals surface area contributed by atoms with E-state index in [0.29, 0.717) is 5.69 Å². The van der Waals surface area contributed by atoms with E-state index in [-0.39, 0.29) is 17.2 Å². The van der Waals surface area contributed by atoms with E-state index in [1.165, 1.54) is 17.5 Å². The van der Waals surface area contributed by atoms with Crippen LogP contribution in [-0.2, 0) is 0 Å². The molecule has 7 heteroatoms. The van der Waals surface area contributed by atoms with Gasteiger partial charge in [0.25, 0.3) is 11.5 Å². The molecule has 1 aromatic carbocycles. The van der Waals surface area contributed by atoms with E-state index in [0.717, 1.165) is 16.4 Å². The fraction of sp³-hybridized carbons (Fsp3) is 0. The number of nitrogens with one attached hydrogen (secondary N) is 2. The van der Waals surface area contributed by atoms with Crippen molar-refractivity contribution in [1.82, 2.24) is 15.0 Å². The molecular weight excluding hydrogens is 264 g/mol. The lowest BCUT2D eigenvalue weighted by atomic mass is 10.3. The molecular formula is C12H8N4O2S. The zero-order valence-electron chi connectivity index (χ0n) is 9.58. The van der Waals surface area contributed by atoms with Crippen molar-refractivity contribution in [1.29, 1.82) is 0 Å². The number of amides is 1. The van der Waals surface area contributed by atoms with E-state index >= 15 is 0 Å². The molecule has 0 aliphatic heterocycles. The number of hydrogen-bond acceptors (Lipinski definition) is 5. The van der Waals surface area contributed by atoms with Crippen LogP contribution in [0.5, 0.6) is 0 Å². The molecule has 2 aromatic heterocycles. The maximum Gasteiger partial charge on any atom is 0.275 e. The van der Waals surface area contributed by atoms with E-state index in [1.54, 1.807) is 11.6 Å². The maximum atomic E-state index is 11.9. The minimum absolute atomic E-state index is 0.156. The Morgan fingerprint density at radius 2 is 2.21 bits per heavy atom. The SMILES string of the molecule is O=C(Nc1ccc2ncsc2c1)c1c[nH]c(=O)cn1. The average Bonchev–Trinajstić information content (AvgIpc) is 2.87. The molecule has 0 radical (unpaired) electrons. The maximum absolute atomic E-state index is 11.9. The highest BCUT2D eigenvalue weighted by atomic mass is 32.1. The van der Waals surface area contributed by atoms with Gasteiger partial charge in [0.15, 0.2) is 0 Å². The van der Waals surface area contributed by atoms with Gasteiger partial charge in [0.05, 0.1) is 21.9 Å². The summed E-state index contributed by atoms with van der Waals surface area (Å²) in [4.78, 5) is 33.1. The summed E-state index contributed by atoms with van der Waals surface area (Å²) >= 11 is 1.50. The summed E-state index contributed by atoms with van der Waals surface area (Å²) in [5.41, 5.74) is 3.12. The minimum Gasteiger partial charge on any atom is -0.325 e. The van der Waals surface area contributed by atoms with Crippen LogP contribution in [0.4, 0.5) is 5.69 Å². The molecule has 0 spiro atoms. The van der Waals surface area contributed by atoms with E-state index < -0.39 is 0 Å². The lowest BCUT2D eigenvalue weighted by molar-refractivity contribution is 0.102. The first-order valence-electron chi connectivity index (χ1n) is 5.42. The molecule has 19 heavy (non-hydrogen) atoms. The van der Waals surface area contributed by atoms with Gasteiger partial charge in [0.1, 0.15) is 5.69 Å². The van der Waals surface area contributed by atoms with Gasteiger partial charge < -0.3 is 10.3 Å². The Labute approximate surface area is 111 Å². The van der Waals surface area contributed by atoms with Crippen LogP contribution in [0.1, 0.15) is 10.5 Å². The van der Waals surface area contributed by atoms with Crippen molar-refractivity contribution in [2.75, 3.05) is 5.32 Å². The zero-order valence-corrected chi connectivity index (χ0v) is 10.4. The number of aromatic amines is 1. The summed E-state index contributed by atoms with van der Waals surface area (Å²) < 4.78 is 0.993. The van der Waals surface area contributed by atoms with Crippen LogP contribution >= 0.6 is 11.3 Å². The molecule has 0 aliphatic rings. The Kier molecular flexibility index (Phi) is 2.81. The third kappa shape index (κ3) is 2.36. The normalized spacial score (nSPS) is 10.5. The Balaban J connectivity index is 1.85. The van der Waals surface area contributed by atoms with Crippen molar-refractivity contribution in [2.45, 2.75) is 0 Å². The molecule has 3 rings (SSSR count). The van der Waals surface area contributed by atoms with Gasteiger partial charge in [-0.15, -0.1) is 11.3 Å². The zero-order chi connectivity index (χ0) is 13.2. The first-order valence-corrected chi connectivity index (χ1v) is 6.30. The Morgan fingerprint density at radius 1 is 1.32 bits per heavy atom. The first-order chi connectivity index (χ1) is 9.22. The van der Waals surface area contributed by atoms with Crippen LogP contribution < -0.4 is 10.9 Å². The second kappa shape index (κ2) is 4.62. The van der Waals surface area contributed by atoms with Gasteiger partial charge in [-0.2, -0.15) is 0 Å². The van der Waals surface area contributed by atoms with Crippen LogP contribution in [0.3, 0.4) is 0 Å². The molecule has 0 bridgehead atoms. The lowest BCUT2D eigenvalue weighted by Crippen LogP contribution is -2.16. The van der Waals surface area contributed by atoms with Crippen LogP contribution in [-0.4, -0.2) is 20.9 Å². The predicted molar refractivity (Wildman–Crippen MR) is 72.4 cm³/mol. The molecule has 0 aliphatic carbocycles. The summed E-state index contributed by atoms with van der Waals surface area (Å²) in [6.07, 6.45) is 2.35. The number of anilines is 1. The molecule has 3 aromatic rings. The van der Waals surface area contributed by atoms with Crippen molar-refractivity contribution in [2.24, 2.45) is 0 Å². The van der Waals surface area contributed by atoms with Gasteiger partial charge in [0.2, 0.25) is 0 Å². The number of hydrogen-bond donors (Lipinski definition) is 2. The topological polar surface area (TPSA) is 87.7 Å². The van der Waals surface area contributed by atoms with Gasteiger partial charge in [-0.1, -0.05) is 0 Å². The number of carbonyl (C=O) groups excluding carboxylic acids is 1. The second-order valence-corrected chi connectivity index (χ2v) is 4.67. The molecule has 1 amide bonds. The Morgan fingerprint density at radius 3 is 3.00 bits per heavy atom. The summed E-state index contributed by atoms with van der Waals surface area (Å²) in [6, 6.07) is 5.45. The molecule has 0 fully saturated rings. The summed E-state index contributed by atoms with van der Waals surface area (Å²) in [5.74, 6) is -0.375. The van der Waals surface area contributed by atoms with E-state index in [1.807, 2.05) is 12.1 Å². The molecule has 0 saturated carbocycles. The number of carbonyl (C=O) groups is 1. The third-order valence-electron chi connectivity index (χ3n) is 2.49. The molecule has 94 valence electrons. The average molecular weight is 272 g/mol. The van der Waals surface area contributed by atoms with Gasteiger partial charge in [-0.3, -0.25) is 9.59 Å². The standard InChI is InChI=1S/C12H8N4O2S/c17-11-5-13-9(4-14-11)12(18)16-7-1-2-8-10(3-7)19-6-15-8/h1-6H,(H,14,17)(H,16,18). The van der Waals surface area contributed by atoms with Crippen molar-refractivity contribution < 1.29 is 4.79 Å². The highest BCUT2D eigenvalue weighted by molar-refractivity contribution is 7.16. The van der Waals surface area contributed by atoms with Crippen molar-refractivity contribution in [3.63, 3.8) is 0 Å². The molecule has 2 N–H and O–H groups in total. The number of rotatable bonds is 2. The fourth-order valence-corrected chi connectivity index (χ4v) is 2.31. The molecule has 6 nitrogen and oxygen atoms in total. The van der Waals surface area contributed by atoms with Crippen molar-refractivity contribution in [3.8, 4) is 0 Å². The number of thiazole rings is 1. The van der Waals surface area contributed by atoms with Crippen LogP contribution in [0.2, 0.25) is 0 Å². The molecule has 0 unspecified atom stereocenters. The van der Waals surface area contributed by atoms with E-state index in [2.05, 4.69) is 20.3 Å². The summed E-state index contributed by atoms with van der Waals surface area (Å²) in [5, 5.41) is 2.72. The number of H-pyrrole nitrogens is 1. The summed E-state index contributed by atoms with van der Waals surface area (Å²) in [7, 11) is 0. The van der Waals surface area contributed by atoms with Gasteiger partial charge in [0, 0.05) is 11.9 Å². The predicted octanol–water partition coefficient (Wildman–Crippen LogP) is 1.63. The first kappa shape index (κ1) is 11.5. The molecule has 0 atom stereocenters. The Bertz CT molecular complexity index is 788. The van der Waals surface area contributed by atoms with E-state index in [9.17, 15) is 9.59 Å². The fourth-order valence-electron chi connectivity index (χ4n) is 1.59. The minimum atomic E-state index is -0.375. The van der Waals surface area contributed by atoms with Gasteiger partial charge in [-0.25, -0.2) is 9.97 Å². The highest BCUT2D eigenvalue weighted by Crippen LogP contribution is 2.21. The van der Waals surface area contributed by atoms with Gasteiger partial charge in [-0.05, 0) is 18.2 Å². The monoisotopic (exact) mass is 272 g/mol. The lowest BCUT2D eigenvalue weighted by Gasteiger charge is -2.03. The number of fused-ring (bicyclic) bond motifs is 1. The quantitative estimate of drug-likeness (QED) is 0.742. The Hall–Kier alpha value is -2.54. The van der Waals surface area contributed by atoms with Crippen LogP contribution in [0.25, 0.3) is 10.2 Å².